The van der Waals surface area contributed by atoms with Crippen LogP contribution in [0.5, 0.6) is 23.5 Å². The van der Waals surface area contributed by atoms with Crippen LogP contribution in [0.2, 0.25) is 0 Å². The summed E-state index contributed by atoms with van der Waals surface area (Å²) in [6.45, 7) is 37.9. The second kappa shape index (κ2) is 46.2. The molecule has 8 saturated carbocycles. The van der Waals surface area contributed by atoms with E-state index in [0.717, 1.165) is 57.3 Å². The Hall–Kier alpha value is -9.18. The molecule has 0 radical (unpaired) electrons. The summed E-state index contributed by atoms with van der Waals surface area (Å²) in [5.41, 5.74) is 4.54. The third-order valence-electron chi connectivity index (χ3n) is 21.4. The van der Waals surface area contributed by atoms with E-state index in [1.54, 1.807) is 97.9 Å². The monoisotopic (exact) mass is 1750 g/mol. The molecular formula is C89H144ClN13O20. The fourth-order valence-corrected chi connectivity index (χ4v) is 15.3. The molecule has 4 unspecified atom stereocenters. The van der Waals surface area contributed by atoms with Crippen LogP contribution in [0.3, 0.4) is 0 Å². The van der Waals surface area contributed by atoms with Crippen molar-refractivity contribution < 1.29 is 96.6 Å². The van der Waals surface area contributed by atoms with E-state index in [1.165, 1.54) is 60.2 Å². The highest BCUT2D eigenvalue weighted by molar-refractivity contribution is 5.97. The number of ether oxygens (including phenoxy) is 9. The molecule has 12 rings (SSSR count). The van der Waals surface area contributed by atoms with Crippen LogP contribution in [0.25, 0.3) is 24.8 Å². The second-order valence-corrected chi connectivity index (χ2v) is 38.5. The number of carboxylic acids is 1. The molecule has 4 aromatic rings. The van der Waals surface area contributed by atoms with Gasteiger partial charge < -0.3 is 88.8 Å². The van der Waals surface area contributed by atoms with Gasteiger partial charge in [0.2, 0.25) is 23.5 Å². The molecule has 8 aliphatic carbocycles. The highest BCUT2D eigenvalue weighted by Crippen LogP contribution is 2.57. The zero-order valence-corrected chi connectivity index (χ0v) is 78.0. The maximum absolute atomic E-state index is 13.4. The number of aromatic carboxylic acids is 1. The second-order valence-electron chi connectivity index (χ2n) is 38.5. The SMILES string of the molecule is CC(C)COc1c(C(=O)NC2C3CC4CC2CC(O)(C4)C3)cnn1/C=C/C(C)(C)COC(=O)N(C)C.CC(C)COc1c(C(=O)O)cnn1/C=C/C(C)(C)COC(=O)N(C)C.CCOC(=O)c1cnn(/C=C/C(C)(C)CO)c1OCC(C)C.CCOC(=O)c1cnn(/C=C/C(C)(C)COC(=O)N(C)C)c1OCC(C)C.Cl.NC1C2CC3CC1CC(O)(C3)C2. The molecule has 4 aromatic heterocycles. The van der Waals surface area contributed by atoms with Gasteiger partial charge in [-0.3, -0.25) is 4.79 Å². The van der Waals surface area contributed by atoms with Crippen LogP contribution in [-0.2, 0) is 23.7 Å². The average molecular weight is 1750 g/mol. The van der Waals surface area contributed by atoms with E-state index in [-0.39, 0.29) is 103 Å². The molecule has 0 aromatic carbocycles. The van der Waals surface area contributed by atoms with Crippen molar-refractivity contribution in [3.05, 3.63) is 71.3 Å². The number of carbonyl (C=O) groups is 7. The van der Waals surface area contributed by atoms with Crippen molar-refractivity contribution in [2.75, 3.05) is 108 Å². The summed E-state index contributed by atoms with van der Waals surface area (Å²) in [6.07, 6.45) is 28.8. The van der Waals surface area contributed by atoms with Gasteiger partial charge >= 0.3 is 36.2 Å². The van der Waals surface area contributed by atoms with E-state index in [4.69, 9.17) is 48.4 Å². The standard InChI is InChI=1S/C27H42N4O5.C19H31N3O5.C17H27N3O5.C16H26N2O4.C10H17NO.ClH/c1-17(2)15-35-24-21(14-28-31(24)8-7-26(3,4)16-36-25(33)30(5)6)23(32)29-22-19-9-18-10-20(22)13-27(34,11-18)12-19;1-8-25-17(23)15-11-20-22(16(15)26-12-14(2)3)10-9-19(4,5)13-27-18(24)21(6)7;1-12(2)10-24-14-13(15(21)22)9-18-20(14)8-7-17(3,4)11-25-16(23)19(5)6;1-6-21-15(20)13-9-17-18(8-7-16(4,5)11-19)14(13)22-10-12(2)3;11-9-7-1-6-2-8(9)5-10(12,3-6)4-7;/h7-8,14,17-20,22,34H,9-13,15-16H2,1-6H3,(H,29,32);9-11,14H,8,12-13H2,1-7H3;7-9,12H,10-11H2,1-6H3,(H,21,22);7-9,12,19H,6,10-11H2,1-5H3;6-9,12H,1-5,11H2;1H/b8-7+;10-9+;2*8-7+;;. The summed E-state index contributed by atoms with van der Waals surface area (Å²) in [4.78, 5) is 87.9. The van der Waals surface area contributed by atoms with Crippen molar-refractivity contribution in [1.82, 2.24) is 59.1 Å². The molecular weight excluding hydrogens is 1610 g/mol. The molecule has 692 valence electrons. The van der Waals surface area contributed by atoms with Crippen molar-refractivity contribution in [2.24, 2.45) is 86.6 Å². The van der Waals surface area contributed by atoms with E-state index >= 15 is 0 Å². The van der Waals surface area contributed by atoms with Gasteiger partial charge in [0.25, 0.3) is 5.91 Å². The van der Waals surface area contributed by atoms with Gasteiger partial charge in [0.05, 0.1) is 82.2 Å². The third-order valence-corrected chi connectivity index (χ3v) is 21.4. The quantitative estimate of drug-likeness (QED) is 0.0187. The Balaban J connectivity index is 0.000000281. The fourth-order valence-electron chi connectivity index (χ4n) is 15.3. The number of rotatable bonds is 34. The zero-order chi connectivity index (χ0) is 91.2. The molecule has 4 heterocycles. The topological polar surface area (TPSA) is 403 Å². The summed E-state index contributed by atoms with van der Waals surface area (Å²) >= 11 is 0. The lowest BCUT2D eigenvalue weighted by Crippen LogP contribution is -2.61. The predicted octanol–water partition coefficient (Wildman–Crippen LogP) is 13.8. The van der Waals surface area contributed by atoms with Crippen molar-refractivity contribution in [1.29, 1.82) is 0 Å². The number of esters is 2. The third kappa shape index (κ3) is 32.1. The number of hydrogen-bond acceptors (Lipinski definition) is 24. The van der Waals surface area contributed by atoms with Crippen LogP contribution < -0.4 is 30.0 Å². The molecule has 7 N–H and O–H groups in total. The minimum absolute atomic E-state index is 0. The molecule has 4 amide bonds. The Kier molecular flexibility index (Phi) is 39.2. The Bertz CT molecular complexity index is 4170. The molecule has 123 heavy (non-hydrogen) atoms. The highest BCUT2D eigenvalue weighted by Gasteiger charge is 2.56. The van der Waals surface area contributed by atoms with Gasteiger partial charge in [-0.05, 0) is 137 Å². The van der Waals surface area contributed by atoms with Gasteiger partial charge in [-0.2, -0.15) is 20.4 Å². The first kappa shape index (κ1) is 104. The van der Waals surface area contributed by atoms with Crippen molar-refractivity contribution in [3.63, 3.8) is 0 Å². The molecule has 4 atom stereocenters. The first-order chi connectivity index (χ1) is 56.9. The number of aliphatic hydroxyl groups is 3. The number of carboxylic acid groups (broad SMARTS) is 1. The lowest BCUT2D eigenvalue weighted by molar-refractivity contribution is -0.137. The summed E-state index contributed by atoms with van der Waals surface area (Å²) < 4.78 is 55.0. The molecule has 33 nitrogen and oxygen atoms in total. The normalized spacial score (nSPS) is 21.8. The highest BCUT2D eigenvalue weighted by atomic mass is 35.5. The minimum atomic E-state index is -1.10. The number of aliphatic hydroxyl groups excluding tert-OH is 1. The Morgan fingerprint density at radius 1 is 0.463 bits per heavy atom. The Labute approximate surface area is 733 Å². The molecule has 34 heteroatoms. The Morgan fingerprint density at radius 2 is 0.740 bits per heavy atom. The van der Waals surface area contributed by atoms with Crippen LogP contribution in [0.1, 0.15) is 230 Å². The molecule has 0 spiro atoms. The number of hydrogen-bond donors (Lipinski definition) is 6. The van der Waals surface area contributed by atoms with Gasteiger partial charge in [0, 0.05) is 101 Å². The van der Waals surface area contributed by atoms with Crippen LogP contribution >= 0.6 is 12.4 Å². The van der Waals surface area contributed by atoms with Crippen LogP contribution in [0, 0.1) is 80.8 Å². The van der Waals surface area contributed by atoms with Gasteiger partial charge in [0.15, 0.2) is 0 Å². The van der Waals surface area contributed by atoms with E-state index in [0.29, 0.717) is 103 Å². The zero-order valence-electron chi connectivity index (χ0n) is 77.2. The van der Waals surface area contributed by atoms with Crippen molar-refractivity contribution in [3.8, 4) is 23.5 Å². The first-order valence-corrected chi connectivity index (χ1v) is 42.7. The number of nitrogens with two attached hydrogens (primary N) is 1. The summed E-state index contributed by atoms with van der Waals surface area (Å²) in [5.74, 6) is 3.50. The van der Waals surface area contributed by atoms with E-state index in [9.17, 15) is 54.0 Å². The predicted molar refractivity (Wildman–Crippen MR) is 471 cm³/mol. The van der Waals surface area contributed by atoms with Crippen molar-refractivity contribution in [2.45, 2.75) is 212 Å². The maximum Gasteiger partial charge on any atom is 0.409 e. The van der Waals surface area contributed by atoms with Gasteiger partial charge in [-0.1, -0.05) is 135 Å². The van der Waals surface area contributed by atoms with Gasteiger partial charge in [0.1, 0.15) is 42.1 Å². The average Bonchev–Trinajstić information content (AvgIpc) is 1.21. The molecule has 8 fully saturated rings. The number of halogens is 1. The number of aromatic nitrogens is 8. The van der Waals surface area contributed by atoms with Crippen LogP contribution in [0.15, 0.2) is 49.1 Å². The van der Waals surface area contributed by atoms with E-state index in [2.05, 4.69) is 39.6 Å². The first-order valence-electron chi connectivity index (χ1n) is 42.7. The molecule has 8 bridgehead atoms. The van der Waals surface area contributed by atoms with E-state index < -0.39 is 58.0 Å². The number of amides is 4. The summed E-state index contributed by atoms with van der Waals surface area (Å²) in [7, 11) is 9.77. The largest absolute Gasteiger partial charge is 0.477 e. The van der Waals surface area contributed by atoms with Gasteiger partial charge in [-0.15, -0.1) is 12.4 Å². The van der Waals surface area contributed by atoms with Crippen LogP contribution in [0.4, 0.5) is 14.4 Å². The summed E-state index contributed by atoms with van der Waals surface area (Å²) in [6, 6.07) is 0.485. The Morgan fingerprint density at radius 3 is 1.02 bits per heavy atom. The van der Waals surface area contributed by atoms with Gasteiger partial charge in [-0.25, -0.2) is 47.5 Å². The number of carbonyl (C=O) groups excluding carboxylic acids is 6. The molecule has 0 saturated heterocycles. The van der Waals surface area contributed by atoms with Crippen LogP contribution in [-0.4, -0.2) is 248 Å². The minimum Gasteiger partial charge on any atom is -0.477 e. The maximum atomic E-state index is 13.4. The van der Waals surface area contributed by atoms with E-state index in [1.807, 2.05) is 115 Å². The fraction of sp³-hybridized carbons (Fsp3) is 0.697. The smallest absolute Gasteiger partial charge is 0.409 e. The summed E-state index contributed by atoms with van der Waals surface area (Å²) in [5, 5.41) is 59.7. The molecule has 0 aliphatic heterocycles. The lowest BCUT2D eigenvalue weighted by atomic mass is 9.52. The lowest BCUT2D eigenvalue weighted by Gasteiger charge is -2.58. The number of nitrogens with zero attached hydrogens (tertiary/aromatic N) is 11. The number of nitrogens with one attached hydrogen (secondary N) is 1. The molecule has 8 aliphatic rings. The van der Waals surface area contributed by atoms with Crippen molar-refractivity contribution >= 4 is 79.3 Å².